The Labute approximate surface area is 285 Å². The number of halogens is 3. The summed E-state index contributed by atoms with van der Waals surface area (Å²) >= 11 is 0. The van der Waals surface area contributed by atoms with Gasteiger partial charge in [-0.1, -0.05) is 13.8 Å². The molecule has 0 saturated carbocycles. The Balaban J connectivity index is 1.92. The molecule has 0 aromatic heterocycles. The summed E-state index contributed by atoms with van der Waals surface area (Å²) in [4.78, 5) is 35.7. The highest BCUT2D eigenvalue weighted by atomic mass is 19.4. The minimum atomic E-state index is -4.24. The Bertz CT molecular complexity index is 1070. The molecule has 3 rings (SSSR count). The lowest BCUT2D eigenvalue weighted by atomic mass is 9.74. The van der Waals surface area contributed by atoms with Crippen LogP contribution in [0.4, 0.5) is 13.2 Å². The van der Waals surface area contributed by atoms with Gasteiger partial charge in [0.15, 0.2) is 12.1 Å². The van der Waals surface area contributed by atoms with E-state index in [0.29, 0.717) is 52.1 Å². The SMILES string of the molecule is CO[C@]1(C)C[C@@H](C)CN(C)[C@@H](CN2CCN(CC(F)(F)F)CC2)[C@H](C)OC(=O)C(C)(C)C(=O)[C@H](C)[C@H]1O[C@@H]1O[C@H](C)C[C@H](N(C)C)[C@H]1O. The fraction of sp³-hybridized carbons (Fsp3) is 0.941. The maximum absolute atomic E-state index is 14.3. The topological polar surface area (TPSA) is 104 Å². The average Bonchev–Trinajstić information content (AvgIpc) is 2.98. The van der Waals surface area contributed by atoms with Gasteiger partial charge in [0.1, 0.15) is 17.6 Å². The van der Waals surface area contributed by atoms with E-state index in [2.05, 4.69) is 16.7 Å². The van der Waals surface area contributed by atoms with E-state index < -0.39 is 60.2 Å². The predicted octanol–water partition coefficient (Wildman–Crippen LogP) is 2.89. The zero-order valence-electron chi connectivity index (χ0n) is 30.9. The number of carbonyl (C=O) groups excluding carboxylic acids is 2. The molecule has 0 aromatic carbocycles. The first-order valence-electron chi connectivity index (χ1n) is 17.3. The van der Waals surface area contributed by atoms with Crippen LogP contribution >= 0.6 is 0 Å². The standard InChI is InChI=1S/C34H61F3N4O7/c1-21-17-33(7,45-11)29(48-30-27(42)25(38(8)9)16-22(2)46-30)23(3)28(43)32(5,6)31(44)47-24(4)26(39(10)18-21)19-40-12-14-41(15-13-40)20-34(35,36)37/h21-27,29-30,42H,12-20H2,1-11H3/t21-,22-,23+,24+,25+,26+,27-,29-,30+,33-/m1/s1. The van der Waals surface area contributed by atoms with Gasteiger partial charge >= 0.3 is 12.1 Å². The van der Waals surface area contributed by atoms with Crippen molar-refractivity contribution in [3.63, 3.8) is 0 Å². The van der Waals surface area contributed by atoms with E-state index in [-0.39, 0.29) is 29.9 Å². The molecular weight excluding hydrogens is 633 g/mol. The average molecular weight is 695 g/mol. The van der Waals surface area contributed by atoms with Crippen molar-refractivity contribution < 1.29 is 46.8 Å². The highest BCUT2D eigenvalue weighted by Gasteiger charge is 2.52. The summed E-state index contributed by atoms with van der Waals surface area (Å²) in [5.41, 5.74) is -2.56. The third kappa shape index (κ3) is 10.1. The van der Waals surface area contributed by atoms with Crippen LogP contribution in [0.3, 0.4) is 0 Å². The first kappa shape index (κ1) is 41.0. The molecule has 1 N–H and O–H groups in total. The third-order valence-electron chi connectivity index (χ3n) is 10.7. The number of aliphatic hydroxyl groups excluding tert-OH is 1. The molecule has 0 spiro atoms. The fourth-order valence-corrected chi connectivity index (χ4v) is 7.79. The Morgan fingerprint density at radius 1 is 1.02 bits per heavy atom. The second-order valence-electron chi connectivity index (χ2n) is 15.5. The van der Waals surface area contributed by atoms with Gasteiger partial charge in [-0.25, -0.2) is 0 Å². The van der Waals surface area contributed by atoms with Gasteiger partial charge in [0.2, 0.25) is 0 Å². The van der Waals surface area contributed by atoms with E-state index >= 15 is 0 Å². The number of hydrogen-bond acceptors (Lipinski definition) is 11. The van der Waals surface area contributed by atoms with Gasteiger partial charge in [-0.3, -0.25) is 24.3 Å². The third-order valence-corrected chi connectivity index (χ3v) is 10.7. The number of likely N-dealkylation sites (N-methyl/N-ethyl adjacent to an activating group) is 2. The van der Waals surface area contributed by atoms with Crippen molar-refractivity contribution in [1.82, 2.24) is 19.6 Å². The predicted molar refractivity (Wildman–Crippen MR) is 175 cm³/mol. The molecule has 3 fully saturated rings. The maximum atomic E-state index is 14.3. The Kier molecular flexibility index (Phi) is 13.9. The molecule has 0 aromatic rings. The van der Waals surface area contributed by atoms with Crippen molar-refractivity contribution in [3.8, 4) is 0 Å². The van der Waals surface area contributed by atoms with E-state index in [1.165, 1.54) is 4.90 Å². The summed E-state index contributed by atoms with van der Waals surface area (Å²) in [6, 6.07) is -0.510. The van der Waals surface area contributed by atoms with Crippen molar-refractivity contribution >= 4 is 11.8 Å². The lowest BCUT2D eigenvalue weighted by Crippen LogP contribution is -2.59. The minimum Gasteiger partial charge on any atom is -0.460 e. The monoisotopic (exact) mass is 694 g/mol. The molecule has 3 heterocycles. The number of cyclic esters (lactones) is 1. The van der Waals surface area contributed by atoms with Crippen LogP contribution in [0.25, 0.3) is 0 Å². The molecule has 0 unspecified atom stereocenters. The molecule has 280 valence electrons. The lowest BCUT2D eigenvalue weighted by molar-refractivity contribution is -0.295. The van der Waals surface area contributed by atoms with Crippen LogP contribution in [0.5, 0.6) is 0 Å². The summed E-state index contributed by atoms with van der Waals surface area (Å²) in [7, 11) is 7.31. The summed E-state index contributed by atoms with van der Waals surface area (Å²) in [5, 5.41) is 11.3. The van der Waals surface area contributed by atoms with Gasteiger partial charge in [-0.2, -0.15) is 13.2 Å². The first-order chi connectivity index (χ1) is 22.1. The number of esters is 1. The van der Waals surface area contributed by atoms with E-state index in [1.54, 1.807) is 27.9 Å². The van der Waals surface area contributed by atoms with E-state index in [1.807, 2.05) is 46.8 Å². The minimum absolute atomic E-state index is 0.0156. The Morgan fingerprint density at radius 3 is 2.15 bits per heavy atom. The van der Waals surface area contributed by atoms with Crippen LogP contribution in [-0.2, 0) is 28.5 Å². The molecule has 3 saturated heterocycles. The number of piperazine rings is 1. The van der Waals surface area contributed by atoms with Crippen LogP contribution < -0.4 is 0 Å². The van der Waals surface area contributed by atoms with Gasteiger partial charge < -0.3 is 29.0 Å². The second-order valence-corrected chi connectivity index (χ2v) is 15.5. The number of ether oxygens (including phenoxy) is 4. The molecule has 0 radical (unpaired) electrons. The van der Waals surface area contributed by atoms with Gasteiger partial charge in [-0.15, -0.1) is 0 Å². The summed E-state index contributed by atoms with van der Waals surface area (Å²) in [6.45, 7) is 14.2. The van der Waals surface area contributed by atoms with Crippen LogP contribution in [-0.4, -0.2) is 165 Å². The quantitative estimate of drug-likeness (QED) is 0.315. The van der Waals surface area contributed by atoms with Gasteiger partial charge in [0.05, 0.1) is 30.4 Å². The van der Waals surface area contributed by atoms with Gasteiger partial charge in [-0.05, 0) is 74.5 Å². The molecule has 14 heteroatoms. The Hall–Kier alpha value is -1.39. The fourth-order valence-electron chi connectivity index (χ4n) is 7.79. The van der Waals surface area contributed by atoms with Crippen molar-refractivity contribution in [2.24, 2.45) is 17.3 Å². The number of rotatable bonds is 7. The molecule has 10 atom stereocenters. The zero-order valence-corrected chi connectivity index (χ0v) is 30.9. The molecular formula is C34H61F3N4O7. The molecule has 0 bridgehead atoms. The zero-order chi connectivity index (χ0) is 36.4. The van der Waals surface area contributed by atoms with Crippen LogP contribution in [0, 0.1) is 17.3 Å². The van der Waals surface area contributed by atoms with Crippen molar-refractivity contribution in [3.05, 3.63) is 0 Å². The number of Topliss-reactive ketones (excluding diaryl/α,β-unsaturated/α-hetero) is 1. The second kappa shape index (κ2) is 16.3. The number of alkyl halides is 3. The number of methoxy groups -OCH3 is 1. The van der Waals surface area contributed by atoms with E-state index in [9.17, 15) is 27.9 Å². The van der Waals surface area contributed by atoms with Crippen LogP contribution in [0.1, 0.15) is 61.3 Å². The number of hydrogen-bond donors (Lipinski definition) is 1. The normalized spacial score (nSPS) is 39.0. The molecule has 3 aliphatic heterocycles. The summed E-state index contributed by atoms with van der Waals surface area (Å²) < 4.78 is 63.9. The molecule has 48 heavy (non-hydrogen) atoms. The van der Waals surface area contributed by atoms with E-state index in [4.69, 9.17) is 18.9 Å². The van der Waals surface area contributed by atoms with Crippen molar-refractivity contribution in [1.29, 1.82) is 0 Å². The van der Waals surface area contributed by atoms with Gasteiger partial charge in [0, 0.05) is 58.3 Å². The summed E-state index contributed by atoms with van der Waals surface area (Å²) in [6.07, 6.45) is -6.86. The maximum Gasteiger partial charge on any atom is 0.401 e. The lowest BCUT2D eigenvalue weighted by Gasteiger charge is -2.47. The smallest absolute Gasteiger partial charge is 0.401 e. The number of carbonyl (C=O) groups is 2. The van der Waals surface area contributed by atoms with Crippen molar-refractivity contribution in [2.75, 3.05) is 74.1 Å². The molecule has 3 aliphatic rings. The summed E-state index contributed by atoms with van der Waals surface area (Å²) in [5.74, 6) is -1.87. The highest BCUT2D eigenvalue weighted by molar-refractivity contribution is 6.04. The highest BCUT2D eigenvalue weighted by Crippen LogP contribution is 2.38. The first-order valence-corrected chi connectivity index (χ1v) is 17.3. The van der Waals surface area contributed by atoms with Gasteiger partial charge in [0.25, 0.3) is 0 Å². The molecule has 0 aliphatic carbocycles. The number of nitrogens with zero attached hydrogens (tertiary/aromatic N) is 4. The van der Waals surface area contributed by atoms with E-state index in [0.717, 1.165) is 0 Å². The van der Waals surface area contributed by atoms with Crippen LogP contribution in [0.15, 0.2) is 0 Å². The largest absolute Gasteiger partial charge is 0.460 e. The number of aliphatic hydroxyl groups is 1. The van der Waals surface area contributed by atoms with Crippen molar-refractivity contribution in [2.45, 2.75) is 116 Å². The molecule has 11 nitrogen and oxygen atoms in total. The van der Waals surface area contributed by atoms with Crippen LogP contribution in [0.2, 0.25) is 0 Å². The Morgan fingerprint density at radius 2 is 1.60 bits per heavy atom. The number of ketones is 1. The molecule has 0 amide bonds.